The van der Waals surface area contributed by atoms with E-state index in [1.165, 1.54) is 6.07 Å². The summed E-state index contributed by atoms with van der Waals surface area (Å²) in [6, 6.07) is 6.98. The van der Waals surface area contributed by atoms with Gasteiger partial charge in [0.25, 0.3) is 0 Å². The van der Waals surface area contributed by atoms with Crippen molar-refractivity contribution in [3.8, 4) is 0 Å². The van der Waals surface area contributed by atoms with Crippen LogP contribution >= 0.6 is 0 Å². The molecule has 0 N–H and O–H groups in total. The van der Waals surface area contributed by atoms with Crippen LogP contribution in [0.25, 0.3) is 0 Å². The Balaban J connectivity index is 1.52. The standard InChI is InChI=1S/C20H23FN4O/c21-17-3-1-9-23-19(17)24-12-2-7-20(14-24)8-4-18(26)25(15-20)13-16-5-10-22-11-6-16/h1,3,5-6,9-11H,2,4,7-8,12-15H2. The number of hydrogen-bond donors (Lipinski definition) is 0. The van der Waals surface area contributed by atoms with Crippen molar-refractivity contribution in [2.45, 2.75) is 32.2 Å². The number of carbonyl (C=O) groups is 1. The van der Waals surface area contributed by atoms with E-state index in [1.54, 1.807) is 24.7 Å². The summed E-state index contributed by atoms with van der Waals surface area (Å²) >= 11 is 0. The molecule has 5 nitrogen and oxygen atoms in total. The lowest BCUT2D eigenvalue weighted by Gasteiger charge is -2.48. The molecule has 0 aromatic carbocycles. The number of piperidine rings is 2. The Morgan fingerprint density at radius 2 is 1.96 bits per heavy atom. The molecule has 26 heavy (non-hydrogen) atoms. The number of nitrogens with zero attached hydrogens (tertiary/aromatic N) is 4. The SMILES string of the molecule is O=C1CCC2(CCCN(c3ncccc3F)C2)CN1Cc1ccncc1. The van der Waals surface area contributed by atoms with E-state index in [0.717, 1.165) is 44.5 Å². The van der Waals surface area contributed by atoms with Crippen molar-refractivity contribution in [1.29, 1.82) is 0 Å². The zero-order valence-corrected chi connectivity index (χ0v) is 14.8. The average Bonchev–Trinajstić information content (AvgIpc) is 2.66. The van der Waals surface area contributed by atoms with Crippen molar-refractivity contribution >= 4 is 11.7 Å². The second-order valence-corrected chi connectivity index (χ2v) is 7.44. The summed E-state index contributed by atoms with van der Waals surface area (Å²) in [6.45, 7) is 2.90. The quantitative estimate of drug-likeness (QED) is 0.850. The van der Waals surface area contributed by atoms with Crippen LogP contribution in [0.3, 0.4) is 0 Å². The minimum absolute atomic E-state index is 0.0170. The van der Waals surface area contributed by atoms with E-state index in [4.69, 9.17) is 0 Å². The van der Waals surface area contributed by atoms with Gasteiger partial charge < -0.3 is 9.80 Å². The van der Waals surface area contributed by atoms with Gasteiger partial charge in [0.1, 0.15) is 0 Å². The number of anilines is 1. The van der Waals surface area contributed by atoms with Gasteiger partial charge in [0.15, 0.2) is 11.6 Å². The number of hydrogen-bond acceptors (Lipinski definition) is 4. The first-order chi connectivity index (χ1) is 12.7. The van der Waals surface area contributed by atoms with Crippen molar-refractivity contribution in [3.63, 3.8) is 0 Å². The second kappa shape index (κ2) is 7.02. The van der Waals surface area contributed by atoms with Crippen molar-refractivity contribution in [2.24, 2.45) is 5.41 Å². The molecule has 2 aliphatic heterocycles. The highest BCUT2D eigenvalue weighted by molar-refractivity contribution is 5.77. The fourth-order valence-electron chi connectivity index (χ4n) is 4.29. The zero-order chi connectivity index (χ0) is 18.0. The lowest BCUT2D eigenvalue weighted by Crippen LogP contribution is -2.54. The molecule has 136 valence electrons. The minimum Gasteiger partial charge on any atom is -0.354 e. The summed E-state index contributed by atoms with van der Waals surface area (Å²) in [7, 11) is 0. The van der Waals surface area contributed by atoms with E-state index in [0.29, 0.717) is 18.8 Å². The lowest BCUT2D eigenvalue weighted by atomic mass is 9.73. The minimum atomic E-state index is -0.273. The predicted octanol–water partition coefficient (Wildman–Crippen LogP) is 3.02. The van der Waals surface area contributed by atoms with E-state index in [2.05, 4.69) is 14.9 Å². The molecular formula is C20H23FN4O. The highest BCUT2D eigenvalue weighted by Crippen LogP contribution is 2.40. The molecule has 2 saturated heterocycles. The summed E-state index contributed by atoms with van der Waals surface area (Å²) in [5.74, 6) is 0.364. The van der Waals surface area contributed by atoms with Gasteiger partial charge in [0, 0.05) is 56.6 Å². The third-order valence-electron chi connectivity index (χ3n) is 5.57. The Labute approximate surface area is 152 Å². The van der Waals surface area contributed by atoms with Gasteiger partial charge in [-0.15, -0.1) is 0 Å². The maximum Gasteiger partial charge on any atom is 0.222 e. The molecule has 2 aromatic heterocycles. The fourth-order valence-corrected chi connectivity index (χ4v) is 4.29. The van der Waals surface area contributed by atoms with Crippen LogP contribution < -0.4 is 4.90 Å². The summed E-state index contributed by atoms with van der Waals surface area (Å²) in [5, 5.41) is 0. The summed E-state index contributed by atoms with van der Waals surface area (Å²) < 4.78 is 14.2. The Bertz CT molecular complexity index is 784. The summed E-state index contributed by atoms with van der Waals surface area (Å²) in [4.78, 5) is 24.8. The van der Waals surface area contributed by atoms with Gasteiger partial charge in [0.05, 0.1) is 0 Å². The van der Waals surface area contributed by atoms with Crippen LogP contribution in [0.15, 0.2) is 42.9 Å². The van der Waals surface area contributed by atoms with Gasteiger partial charge in [-0.1, -0.05) is 0 Å². The number of likely N-dealkylation sites (tertiary alicyclic amines) is 1. The molecule has 1 spiro atoms. The summed E-state index contributed by atoms with van der Waals surface area (Å²) in [6.07, 6.45) is 8.63. The molecule has 0 bridgehead atoms. The molecular weight excluding hydrogens is 331 g/mol. The van der Waals surface area contributed by atoms with Gasteiger partial charge >= 0.3 is 0 Å². The molecule has 1 unspecified atom stereocenters. The first-order valence-corrected chi connectivity index (χ1v) is 9.17. The van der Waals surface area contributed by atoms with Gasteiger partial charge in [-0.05, 0) is 49.1 Å². The van der Waals surface area contributed by atoms with Crippen molar-refractivity contribution in [2.75, 3.05) is 24.5 Å². The van der Waals surface area contributed by atoms with Gasteiger partial charge in [-0.2, -0.15) is 0 Å². The molecule has 0 aliphatic carbocycles. The van der Waals surface area contributed by atoms with Gasteiger partial charge in [-0.25, -0.2) is 9.37 Å². The Morgan fingerprint density at radius 1 is 1.12 bits per heavy atom. The molecule has 1 atom stereocenters. The molecule has 2 fully saturated rings. The number of rotatable bonds is 3. The Morgan fingerprint density at radius 3 is 2.77 bits per heavy atom. The summed E-state index contributed by atoms with van der Waals surface area (Å²) in [5.41, 5.74) is 1.11. The number of aromatic nitrogens is 2. The van der Waals surface area contributed by atoms with E-state index in [1.807, 2.05) is 17.0 Å². The van der Waals surface area contributed by atoms with Gasteiger partial charge in [0.2, 0.25) is 5.91 Å². The maximum atomic E-state index is 14.2. The van der Waals surface area contributed by atoms with E-state index in [9.17, 15) is 9.18 Å². The smallest absolute Gasteiger partial charge is 0.222 e. The maximum absolute atomic E-state index is 14.2. The van der Waals surface area contributed by atoms with Gasteiger partial charge in [-0.3, -0.25) is 9.78 Å². The normalized spacial score (nSPS) is 23.5. The monoisotopic (exact) mass is 354 g/mol. The number of carbonyl (C=O) groups excluding carboxylic acids is 1. The van der Waals surface area contributed by atoms with Crippen molar-refractivity contribution < 1.29 is 9.18 Å². The van der Waals surface area contributed by atoms with Crippen LogP contribution in [0.1, 0.15) is 31.2 Å². The van der Waals surface area contributed by atoms with E-state index >= 15 is 0 Å². The lowest BCUT2D eigenvalue weighted by molar-refractivity contribution is -0.138. The topological polar surface area (TPSA) is 49.3 Å². The highest BCUT2D eigenvalue weighted by Gasteiger charge is 2.42. The van der Waals surface area contributed by atoms with Crippen LogP contribution in [0.4, 0.5) is 10.2 Å². The first kappa shape index (κ1) is 16.9. The molecule has 4 rings (SSSR count). The Kier molecular flexibility index (Phi) is 4.57. The number of pyridine rings is 2. The Hall–Kier alpha value is -2.50. The third-order valence-corrected chi connectivity index (χ3v) is 5.57. The molecule has 4 heterocycles. The molecule has 0 radical (unpaired) electrons. The van der Waals surface area contributed by atoms with Crippen LogP contribution in [0.2, 0.25) is 0 Å². The van der Waals surface area contributed by atoms with Crippen LogP contribution in [0.5, 0.6) is 0 Å². The molecule has 2 aliphatic rings. The first-order valence-electron chi connectivity index (χ1n) is 9.17. The highest BCUT2D eigenvalue weighted by atomic mass is 19.1. The molecule has 2 aromatic rings. The zero-order valence-electron chi connectivity index (χ0n) is 14.8. The van der Waals surface area contributed by atoms with Crippen molar-refractivity contribution in [1.82, 2.24) is 14.9 Å². The predicted molar refractivity (Wildman–Crippen MR) is 97.0 cm³/mol. The average molecular weight is 354 g/mol. The largest absolute Gasteiger partial charge is 0.354 e. The van der Waals surface area contributed by atoms with E-state index < -0.39 is 0 Å². The van der Waals surface area contributed by atoms with Crippen LogP contribution in [-0.4, -0.2) is 40.4 Å². The van der Waals surface area contributed by atoms with Crippen molar-refractivity contribution in [3.05, 3.63) is 54.2 Å². The number of halogens is 1. The van der Waals surface area contributed by atoms with E-state index in [-0.39, 0.29) is 17.1 Å². The van der Waals surface area contributed by atoms with Crippen LogP contribution in [-0.2, 0) is 11.3 Å². The molecule has 1 amide bonds. The van der Waals surface area contributed by atoms with Crippen LogP contribution in [0, 0.1) is 11.2 Å². The second-order valence-electron chi connectivity index (χ2n) is 7.44. The fraction of sp³-hybridized carbons (Fsp3) is 0.450. The molecule has 6 heteroatoms. The third kappa shape index (κ3) is 3.41. The molecule has 0 saturated carbocycles. The number of amides is 1.